The Bertz CT molecular complexity index is 1120. The summed E-state index contributed by atoms with van der Waals surface area (Å²) < 4.78 is 1.47. The van der Waals surface area contributed by atoms with Crippen molar-refractivity contribution >= 4 is 39.8 Å². The van der Waals surface area contributed by atoms with Gasteiger partial charge in [-0.25, -0.2) is 4.98 Å². The molecule has 1 aliphatic rings. The lowest BCUT2D eigenvalue weighted by Crippen LogP contribution is -2.44. The number of carbonyl (C=O) groups is 1. The molecule has 4 rings (SSSR count). The fourth-order valence-corrected chi connectivity index (χ4v) is 3.80. The number of amides is 1. The highest BCUT2D eigenvalue weighted by Gasteiger charge is 2.18. The van der Waals surface area contributed by atoms with Crippen molar-refractivity contribution in [2.75, 3.05) is 43.4 Å². The van der Waals surface area contributed by atoms with Crippen LogP contribution in [0.2, 0.25) is 5.02 Å². The summed E-state index contributed by atoms with van der Waals surface area (Å²) in [4.78, 5) is 34.1. The highest BCUT2D eigenvalue weighted by atomic mass is 35.5. The van der Waals surface area contributed by atoms with Gasteiger partial charge in [0.25, 0.3) is 5.56 Å². The molecule has 7 nitrogen and oxygen atoms in total. The maximum atomic E-state index is 12.6. The van der Waals surface area contributed by atoms with E-state index in [9.17, 15) is 9.59 Å². The van der Waals surface area contributed by atoms with Crippen LogP contribution in [0.25, 0.3) is 10.9 Å². The predicted molar refractivity (Wildman–Crippen MR) is 120 cm³/mol. The van der Waals surface area contributed by atoms with Crippen molar-refractivity contribution in [3.63, 3.8) is 0 Å². The molecule has 1 amide bonds. The van der Waals surface area contributed by atoms with Crippen molar-refractivity contribution in [3.05, 3.63) is 64.2 Å². The van der Waals surface area contributed by atoms with Gasteiger partial charge in [-0.2, -0.15) is 0 Å². The number of para-hydroxylation sites is 1. The molecule has 1 aromatic heterocycles. The van der Waals surface area contributed by atoms with Gasteiger partial charge in [0.15, 0.2) is 0 Å². The first-order valence-corrected chi connectivity index (χ1v) is 10.4. The maximum Gasteiger partial charge on any atom is 0.261 e. The summed E-state index contributed by atoms with van der Waals surface area (Å²) in [6, 6.07) is 12.8. The van der Waals surface area contributed by atoms with Crippen LogP contribution in [0.4, 0.5) is 11.4 Å². The van der Waals surface area contributed by atoms with Crippen LogP contribution in [0.5, 0.6) is 0 Å². The van der Waals surface area contributed by atoms with Crippen LogP contribution in [0, 0.1) is 0 Å². The molecule has 1 N–H and O–H groups in total. The summed E-state index contributed by atoms with van der Waals surface area (Å²) in [5.41, 5.74) is 2.17. The van der Waals surface area contributed by atoms with Crippen molar-refractivity contribution < 1.29 is 4.79 Å². The molecule has 30 heavy (non-hydrogen) atoms. The molecule has 0 atom stereocenters. The van der Waals surface area contributed by atoms with Crippen molar-refractivity contribution in [1.29, 1.82) is 0 Å². The Balaban J connectivity index is 1.46. The molecule has 0 radical (unpaired) electrons. The smallest absolute Gasteiger partial charge is 0.261 e. The second-order valence-electron chi connectivity index (χ2n) is 7.51. The standard InChI is InChI=1S/C22H24ClN5O2/c1-26-10-12-27(13-11-26)20-7-6-16(23)14-19(20)25-21(29)8-9-28-15-24-18-5-3-2-4-17(18)22(28)30/h2-7,14-15H,8-13H2,1H3,(H,25,29). The molecule has 8 heteroatoms. The lowest BCUT2D eigenvalue weighted by molar-refractivity contribution is -0.116. The molecule has 3 aromatic rings. The van der Waals surface area contributed by atoms with Gasteiger partial charge in [-0.3, -0.25) is 14.2 Å². The first-order chi connectivity index (χ1) is 14.5. The predicted octanol–water partition coefficient (Wildman–Crippen LogP) is 2.83. The average Bonchev–Trinajstić information content (AvgIpc) is 2.74. The third-order valence-electron chi connectivity index (χ3n) is 5.39. The minimum Gasteiger partial charge on any atom is -0.367 e. The number of aromatic nitrogens is 2. The summed E-state index contributed by atoms with van der Waals surface area (Å²) >= 11 is 6.18. The van der Waals surface area contributed by atoms with Gasteiger partial charge in [0.1, 0.15) is 0 Å². The largest absolute Gasteiger partial charge is 0.367 e. The average molecular weight is 426 g/mol. The number of likely N-dealkylation sites (N-methyl/N-ethyl adjacent to an activating group) is 1. The van der Waals surface area contributed by atoms with Crippen molar-refractivity contribution in [2.24, 2.45) is 0 Å². The fourth-order valence-electron chi connectivity index (χ4n) is 3.63. The summed E-state index contributed by atoms with van der Waals surface area (Å²) in [7, 11) is 2.10. The van der Waals surface area contributed by atoms with E-state index in [4.69, 9.17) is 11.6 Å². The quantitative estimate of drug-likeness (QED) is 0.680. The zero-order valence-electron chi connectivity index (χ0n) is 16.8. The Kier molecular flexibility index (Phi) is 6.01. The molecule has 2 aromatic carbocycles. The Morgan fingerprint density at radius 1 is 1.13 bits per heavy atom. The van der Waals surface area contributed by atoms with Crippen LogP contribution in [0.3, 0.4) is 0 Å². The van der Waals surface area contributed by atoms with Gasteiger partial charge in [0, 0.05) is 44.2 Å². The lowest BCUT2D eigenvalue weighted by atomic mass is 10.2. The number of anilines is 2. The number of rotatable bonds is 5. The van der Waals surface area contributed by atoms with Crippen LogP contribution < -0.4 is 15.8 Å². The number of carbonyl (C=O) groups excluding carboxylic acids is 1. The van der Waals surface area contributed by atoms with Crippen molar-refractivity contribution in [2.45, 2.75) is 13.0 Å². The fraction of sp³-hybridized carbons (Fsp3) is 0.318. The number of fused-ring (bicyclic) bond motifs is 1. The molecular formula is C22H24ClN5O2. The number of halogens is 1. The number of piperazine rings is 1. The highest BCUT2D eigenvalue weighted by molar-refractivity contribution is 6.31. The second kappa shape index (κ2) is 8.85. The third-order valence-corrected chi connectivity index (χ3v) is 5.62. The Morgan fingerprint density at radius 3 is 2.70 bits per heavy atom. The van der Waals surface area contributed by atoms with Crippen molar-refractivity contribution in [3.8, 4) is 0 Å². The number of nitrogens with one attached hydrogen (secondary N) is 1. The minimum absolute atomic E-state index is 0.144. The summed E-state index contributed by atoms with van der Waals surface area (Å²) in [6.45, 7) is 3.97. The normalized spacial score (nSPS) is 14.8. The first kappa shape index (κ1) is 20.4. The van der Waals surface area contributed by atoms with E-state index in [2.05, 4.69) is 27.1 Å². The molecule has 0 unspecified atom stereocenters. The van der Waals surface area contributed by atoms with Crippen LogP contribution in [-0.4, -0.2) is 53.6 Å². The van der Waals surface area contributed by atoms with Crippen molar-refractivity contribution in [1.82, 2.24) is 14.5 Å². The van der Waals surface area contributed by atoms with Gasteiger partial charge in [-0.05, 0) is 37.4 Å². The third kappa shape index (κ3) is 4.47. The van der Waals surface area contributed by atoms with Gasteiger partial charge in [0.05, 0.1) is 28.6 Å². The van der Waals surface area contributed by atoms with E-state index < -0.39 is 0 Å². The maximum absolute atomic E-state index is 12.6. The van der Waals surface area contributed by atoms with Gasteiger partial charge in [-0.1, -0.05) is 23.7 Å². The molecule has 156 valence electrons. The molecule has 0 bridgehead atoms. The topological polar surface area (TPSA) is 70.5 Å². The molecular weight excluding hydrogens is 402 g/mol. The summed E-state index contributed by atoms with van der Waals surface area (Å²) in [6.07, 6.45) is 1.65. The molecule has 0 spiro atoms. The highest BCUT2D eigenvalue weighted by Crippen LogP contribution is 2.30. The van der Waals surface area contributed by atoms with Crippen LogP contribution in [0.1, 0.15) is 6.42 Å². The van der Waals surface area contributed by atoms with Crippen LogP contribution >= 0.6 is 11.6 Å². The second-order valence-corrected chi connectivity index (χ2v) is 7.95. The Morgan fingerprint density at radius 2 is 1.90 bits per heavy atom. The van der Waals surface area contributed by atoms with E-state index in [0.29, 0.717) is 21.6 Å². The molecule has 1 saturated heterocycles. The first-order valence-electron chi connectivity index (χ1n) is 9.98. The lowest BCUT2D eigenvalue weighted by Gasteiger charge is -2.35. The molecule has 0 saturated carbocycles. The Labute approximate surface area is 179 Å². The summed E-state index contributed by atoms with van der Waals surface area (Å²) in [5, 5.41) is 4.09. The van der Waals surface area contributed by atoms with E-state index in [-0.39, 0.29) is 24.4 Å². The van der Waals surface area contributed by atoms with Gasteiger partial charge < -0.3 is 15.1 Å². The molecule has 2 heterocycles. The van der Waals surface area contributed by atoms with E-state index in [1.165, 1.54) is 10.9 Å². The Hall–Kier alpha value is -2.90. The summed E-state index contributed by atoms with van der Waals surface area (Å²) in [5.74, 6) is -0.173. The molecule has 1 fully saturated rings. The number of hydrogen-bond acceptors (Lipinski definition) is 5. The number of hydrogen-bond donors (Lipinski definition) is 1. The number of benzene rings is 2. The zero-order valence-corrected chi connectivity index (χ0v) is 17.6. The van der Waals surface area contributed by atoms with Gasteiger partial charge >= 0.3 is 0 Å². The van der Waals surface area contributed by atoms with Gasteiger partial charge in [0.2, 0.25) is 5.91 Å². The molecule has 0 aliphatic carbocycles. The van der Waals surface area contributed by atoms with E-state index >= 15 is 0 Å². The van der Waals surface area contributed by atoms with Crippen LogP contribution in [-0.2, 0) is 11.3 Å². The number of aryl methyl sites for hydroxylation is 1. The van der Waals surface area contributed by atoms with E-state index in [1.807, 2.05) is 24.3 Å². The number of nitrogens with zero attached hydrogens (tertiary/aromatic N) is 4. The van der Waals surface area contributed by atoms with Crippen LogP contribution in [0.15, 0.2) is 53.6 Å². The monoisotopic (exact) mass is 425 g/mol. The van der Waals surface area contributed by atoms with E-state index in [1.54, 1.807) is 18.2 Å². The zero-order chi connectivity index (χ0) is 21.1. The van der Waals surface area contributed by atoms with Gasteiger partial charge in [-0.15, -0.1) is 0 Å². The SMILES string of the molecule is CN1CCN(c2ccc(Cl)cc2NC(=O)CCn2cnc3ccccc3c2=O)CC1. The van der Waals surface area contributed by atoms with E-state index in [0.717, 1.165) is 31.9 Å². The minimum atomic E-state index is -0.173. The molecule has 1 aliphatic heterocycles.